The van der Waals surface area contributed by atoms with E-state index in [1.54, 1.807) is 0 Å². The predicted molar refractivity (Wildman–Crippen MR) is 84.1 cm³/mol. The van der Waals surface area contributed by atoms with Gasteiger partial charge in [-0.05, 0) is 38.1 Å². The molecule has 1 aromatic carbocycles. The second kappa shape index (κ2) is 5.65. The van der Waals surface area contributed by atoms with Crippen LogP contribution in [0.4, 0.5) is 10.1 Å². The fourth-order valence-electron chi connectivity index (χ4n) is 3.80. The van der Waals surface area contributed by atoms with Crippen molar-refractivity contribution in [2.75, 3.05) is 5.32 Å². The largest absolute Gasteiger partial charge is 0.481 e. The van der Waals surface area contributed by atoms with Crippen molar-refractivity contribution in [1.82, 2.24) is 0 Å². The van der Waals surface area contributed by atoms with Crippen molar-refractivity contribution >= 4 is 17.6 Å². The number of amides is 1. The molecule has 0 heterocycles. The number of fused-ring (bicyclic) bond motifs is 2. The lowest BCUT2D eigenvalue weighted by atomic mass is 9.82. The van der Waals surface area contributed by atoms with Crippen molar-refractivity contribution < 1.29 is 19.1 Å². The molecule has 0 radical (unpaired) electrons. The van der Waals surface area contributed by atoms with E-state index < -0.39 is 17.8 Å². The Morgan fingerprint density at radius 3 is 2.13 bits per heavy atom. The van der Waals surface area contributed by atoms with Gasteiger partial charge in [-0.25, -0.2) is 4.39 Å². The van der Waals surface area contributed by atoms with Crippen LogP contribution in [0.25, 0.3) is 0 Å². The monoisotopic (exact) mass is 315 g/mol. The van der Waals surface area contributed by atoms with Crippen molar-refractivity contribution in [1.29, 1.82) is 0 Å². The molecule has 1 fully saturated rings. The number of allylic oxidation sites excluding steroid dienone is 4. The summed E-state index contributed by atoms with van der Waals surface area (Å²) >= 11 is 0. The molecular formula is C18H18FNO3. The number of benzene rings is 1. The zero-order chi connectivity index (χ0) is 16.7. The number of anilines is 1. The van der Waals surface area contributed by atoms with E-state index in [9.17, 15) is 19.1 Å². The lowest BCUT2D eigenvalue weighted by Crippen LogP contribution is -2.36. The van der Waals surface area contributed by atoms with E-state index in [4.69, 9.17) is 0 Å². The SMILES string of the molecule is CC(C)=C1[C@H]2C=C[C@H]1[C@@H](C(=O)Nc1ccc(F)cc1)[C@H]2C(=O)O. The van der Waals surface area contributed by atoms with Crippen LogP contribution in [-0.2, 0) is 9.59 Å². The highest BCUT2D eigenvalue weighted by molar-refractivity contribution is 5.97. The Bertz CT molecular complexity index is 716. The highest BCUT2D eigenvalue weighted by Gasteiger charge is 2.54. The van der Waals surface area contributed by atoms with Crippen LogP contribution < -0.4 is 5.32 Å². The summed E-state index contributed by atoms with van der Waals surface area (Å²) in [7, 11) is 0. The van der Waals surface area contributed by atoms with Gasteiger partial charge < -0.3 is 10.4 Å². The zero-order valence-corrected chi connectivity index (χ0v) is 12.9. The van der Waals surface area contributed by atoms with Gasteiger partial charge in [0.25, 0.3) is 0 Å². The fraction of sp³-hybridized carbons (Fsp3) is 0.333. The van der Waals surface area contributed by atoms with Crippen LogP contribution in [0.5, 0.6) is 0 Å². The van der Waals surface area contributed by atoms with Crippen LogP contribution in [0, 0.1) is 29.5 Å². The summed E-state index contributed by atoms with van der Waals surface area (Å²) in [4.78, 5) is 24.3. The Morgan fingerprint density at radius 1 is 1.04 bits per heavy atom. The normalized spacial score (nSPS) is 28.0. The summed E-state index contributed by atoms with van der Waals surface area (Å²) in [6.45, 7) is 3.89. The van der Waals surface area contributed by atoms with Gasteiger partial charge in [-0.1, -0.05) is 23.3 Å². The Labute approximate surface area is 133 Å². The molecule has 2 aliphatic rings. The molecular weight excluding hydrogens is 297 g/mol. The summed E-state index contributed by atoms with van der Waals surface area (Å²) in [5.74, 6) is -3.47. The Morgan fingerprint density at radius 2 is 1.61 bits per heavy atom. The first kappa shape index (κ1) is 15.5. The van der Waals surface area contributed by atoms with Crippen molar-refractivity contribution in [3.63, 3.8) is 0 Å². The van der Waals surface area contributed by atoms with Gasteiger partial charge in [0.15, 0.2) is 0 Å². The summed E-state index contributed by atoms with van der Waals surface area (Å²) in [6, 6.07) is 5.45. The van der Waals surface area contributed by atoms with Crippen molar-refractivity contribution in [3.05, 3.63) is 53.4 Å². The summed E-state index contributed by atoms with van der Waals surface area (Å²) < 4.78 is 12.9. The average molecular weight is 315 g/mol. The minimum Gasteiger partial charge on any atom is -0.481 e. The predicted octanol–water partition coefficient (Wildman–Crippen LogP) is 3.23. The van der Waals surface area contributed by atoms with Crippen LogP contribution in [0.1, 0.15) is 13.8 Å². The number of hydrogen-bond donors (Lipinski definition) is 2. The number of hydrogen-bond acceptors (Lipinski definition) is 2. The van der Waals surface area contributed by atoms with Gasteiger partial charge in [0.2, 0.25) is 5.91 Å². The standard InChI is InChI=1S/C18H18FNO3/c1-9(2)14-12-7-8-13(14)16(18(22)23)15(12)17(21)20-11-5-3-10(19)4-6-11/h3-8,12-13,15-16H,1-2H3,(H,20,21)(H,22,23)/t12-,13-,15-,16+/m1/s1. The van der Waals surface area contributed by atoms with Gasteiger partial charge in [-0.3, -0.25) is 9.59 Å². The van der Waals surface area contributed by atoms with E-state index in [1.807, 2.05) is 26.0 Å². The molecule has 0 saturated heterocycles. The van der Waals surface area contributed by atoms with Crippen LogP contribution >= 0.6 is 0 Å². The Hall–Kier alpha value is -2.43. The maximum atomic E-state index is 12.9. The lowest BCUT2D eigenvalue weighted by molar-refractivity contribution is -0.146. The van der Waals surface area contributed by atoms with Gasteiger partial charge in [-0.2, -0.15) is 0 Å². The topological polar surface area (TPSA) is 66.4 Å². The molecule has 2 N–H and O–H groups in total. The molecule has 3 rings (SSSR count). The highest BCUT2D eigenvalue weighted by Crippen LogP contribution is 2.53. The molecule has 2 aliphatic carbocycles. The van der Waals surface area contributed by atoms with Crippen LogP contribution in [0.3, 0.4) is 0 Å². The van der Waals surface area contributed by atoms with Gasteiger partial charge in [0.05, 0.1) is 11.8 Å². The van der Waals surface area contributed by atoms with Crippen LogP contribution in [-0.4, -0.2) is 17.0 Å². The number of carboxylic acids is 1. The number of halogens is 1. The first-order chi connectivity index (χ1) is 10.9. The van der Waals surface area contributed by atoms with Crippen LogP contribution in [0.2, 0.25) is 0 Å². The first-order valence-corrected chi connectivity index (χ1v) is 7.55. The summed E-state index contributed by atoms with van der Waals surface area (Å²) in [5, 5.41) is 12.3. The van der Waals surface area contributed by atoms with Crippen molar-refractivity contribution in [2.24, 2.45) is 23.7 Å². The van der Waals surface area contributed by atoms with Gasteiger partial charge >= 0.3 is 5.97 Å². The van der Waals surface area contributed by atoms with Gasteiger partial charge in [0, 0.05) is 17.5 Å². The summed E-state index contributed by atoms with van der Waals surface area (Å²) in [5.41, 5.74) is 2.57. The van der Waals surface area contributed by atoms with E-state index in [-0.39, 0.29) is 23.6 Å². The molecule has 4 atom stereocenters. The number of carbonyl (C=O) groups excluding carboxylic acids is 1. The van der Waals surface area contributed by atoms with Crippen molar-refractivity contribution in [3.8, 4) is 0 Å². The molecule has 2 bridgehead atoms. The van der Waals surface area contributed by atoms with E-state index in [2.05, 4.69) is 5.32 Å². The molecule has 0 aliphatic heterocycles. The van der Waals surface area contributed by atoms with E-state index in [0.29, 0.717) is 5.69 Å². The van der Waals surface area contributed by atoms with E-state index in [0.717, 1.165) is 11.1 Å². The third kappa shape index (κ3) is 2.56. The minimum absolute atomic E-state index is 0.174. The molecule has 120 valence electrons. The molecule has 1 amide bonds. The maximum Gasteiger partial charge on any atom is 0.308 e. The van der Waals surface area contributed by atoms with Crippen molar-refractivity contribution in [2.45, 2.75) is 13.8 Å². The molecule has 0 spiro atoms. The number of aliphatic carboxylic acids is 1. The second-order valence-corrected chi connectivity index (χ2v) is 6.28. The molecule has 4 nitrogen and oxygen atoms in total. The number of nitrogens with one attached hydrogen (secondary N) is 1. The summed E-state index contributed by atoms with van der Waals surface area (Å²) in [6.07, 6.45) is 3.83. The number of rotatable bonds is 3. The van der Waals surface area contributed by atoms with Crippen LogP contribution in [0.15, 0.2) is 47.6 Å². The quantitative estimate of drug-likeness (QED) is 0.842. The van der Waals surface area contributed by atoms with E-state index >= 15 is 0 Å². The third-order valence-electron chi connectivity index (χ3n) is 4.68. The maximum absolute atomic E-state index is 12.9. The second-order valence-electron chi connectivity index (χ2n) is 6.28. The molecule has 0 unspecified atom stereocenters. The Kier molecular flexibility index (Phi) is 3.80. The molecule has 5 heteroatoms. The van der Waals surface area contributed by atoms with E-state index in [1.165, 1.54) is 24.3 Å². The molecule has 1 aromatic rings. The van der Waals surface area contributed by atoms with Gasteiger partial charge in [0.1, 0.15) is 5.82 Å². The number of carboxylic acid groups (broad SMARTS) is 1. The van der Waals surface area contributed by atoms with Gasteiger partial charge in [-0.15, -0.1) is 0 Å². The minimum atomic E-state index is -0.958. The number of carbonyl (C=O) groups is 2. The third-order valence-corrected chi connectivity index (χ3v) is 4.68. The lowest BCUT2D eigenvalue weighted by Gasteiger charge is -2.23. The average Bonchev–Trinajstić information content (AvgIpc) is 3.05. The molecule has 1 saturated carbocycles. The fourth-order valence-corrected chi connectivity index (χ4v) is 3.80. The molecule has 0 aromatic heterocycles. The smallest absolute Gasteiger partial charge is 0.308 e. The first-order valence-electron chi connectivity index (χ1n) is 7.55. The Balaban J connectivity index is 1.89. The highest BCUT2D eigenvalue weighted by atomic mass is 19.1. The molecule has 23 heavy (non-hydrogen) atoms. The zero-order valence-electron chi connectivity index (χ0n) is 12.9.